The number of aromatic amines is 1. The largest absolute Gasteiger partial charge is 0.393 e. The first-order valence-electron chi connectivity index (χ1n) is 5.52. The molecule has 0 aromatic carbocycles. The number of carbonyl (C=O) groups excluding carboxylic acids is 1. The lowest BCUT2D eigenvalue weighted by atomic mass is 9.82. The van der Waals surface area contributed by atoms with Gasteiger partial charge in [-0.25, -0.2) is 0 Å². The van der Waals surface area contributed by atoms with Crippen LogP contribution in [0.3, 0.4) is 0 Å². The van der Waals surface area contributed by atoms with E-state index in [9.17, 15) is 4.79 Å². The molecule has 0 radical (unpaired) electrons. The molecule has 1 amide bonds. The summed E-state index contributed by atoms with van der Waals surface area (Å²) in [5, 5.41) is 15.9. The molecule has 1 aromatic heterocycles. The predicted molar refractivity (Wildman–Crippen MR) is 59.0 cm³/mol. The highest BCUT2D eigenvalue weighted by molar-refractivity contribution is 5.92. The smallest absolute Gasteiger partial charge is 0.274 e. The third kappa shape index (κ3) is 2.24. The highest BCUT2D eigenvalue weighted by Gasteiger charge is 2.29. The number of aromatic nitrogens is 2. The number of hydrogen-bond acceptors (Lipinski definition) is 3. The zero-order chi connectivity index (χ0) is 11.7. The summed E-state index contributed by atoms with van der Waals surface area (Å²) >= 11 is 0. The van der Waals surface area contributed by atoms with Gasteiger partial charge in [0.25, 0.3) is 5.91 Å². The Morgan fingerprint density at radius 2 is 2.38 bits per heavy atom. The first-order valence-corrected chi connectivity index (χ1v) is 5.52. The van der Waals surface area contributed by atoms with Gasteiger partial charge in [0.1, 0.15) is 5.69 Å². The molecule has 1 heterocycles. The molecule has 0 spiro atoms. The molecule has 0 saturated heterocycles. The Kier molecular flexibility index (Phi) is 2.96. The minimum Gasteiger partial charge on any atom is -0.393 e. The predicted octanol–water partition coefficient (Wildman–Crippen LogP) is 0.561. The molecule has 5 nitrogen and oxygen atoms in total. The van der Waals surface area contributed by atoms with Gasteiger partial charge >= 0.3 is 0 Å². The SMILES string of the molecule is Cc1cc(C(=O)N(C)CC2CC(O)C2)n[nH]1. The molecule has 16 heavy (non-hydrogen) atoms. The summed E-state index contributed by atoms with van der Waals surface area (Å²) in [4.78, 5) is 13.6. The summed E-state index contributed by atoms with van der Waals surface area (Å²) < 4.78 is 0. The van der Waals surface area contributed by atoms with Gasteiger partial charge in [-0.05, 0) is 31.7 Å². The van der Waals surface area contributed by atoms with Crippen molar-refractivity contribution in [2.75, 3.05) is 13.6 Å². The van der Waals surface area contributed by atoms with Crippen LogP contribution in [0.1, 0.15) is 29.0 Å². The molecule has 0 unspecified atom stereocenters. The van der Waals surface area contributed by atoms with Gasteiger partial charge in [-0.1, -0.05) is 0 Å². The summed E-state index contributed by atoms with van der Waals surface area (Å²) in [5.41, 5.74) is 1.34. The van der Waals surface area contributed by atoms with E-state index in [-0.39, 0.29) is 12.0 Å². The molecule has 2 rings (SSSR count). The first kappa shape index (κ1) is 11.1. The van der Waals surface area contributed by atoms with E-state index in [1.807, 2.05) is 6.92 Å². The highest BCUT2D eigenvalue weighted by atomic mass is 16.3. The normalized spacial score (nSPS) is 23.9. The van der Waals surface area contributed by atoms with Gasteiger partial charge in [0.2, 0.25) is 0 Å². The van der Waals surface area contributed by atoms with Crippen molar-refractivity contribution >= 4 is 5.91 Å². The van der Waals surface area contributed by atoms with Crippen molar-refractivity contribution in [2.24, 2.45) is 5.92 Å². The number of hydrogen-bond donors (Lipinski definition) is 2. The van der Waals surface area contributed by atoms with Crippen molar-refractivity contribution in [3.8, 4) is 0 Å². The van der Waals surface area contributed by atoms with E-state index < -0.39 is 0 Å². The summed E-state index contributed by atoms with van der Waals surface area (Å²) in [6, 6.07) is 1.74. The Morgan fingerprint density at radius 3 is 2.88 bits per heavy atom. The molecule has 0 aliphatic heterocycles. The number of rotatable bonds is 3. The van der Waals surface area contributed by atoms with E-state index in [0.717, 1.165) is 18.5 Å². The van der Waals surface area contributed by atoms with Crippen molar-refractivity contribution in [1.29, 1.82) is 0 Å². The molecule has 1 aliphatic rings. The zero-order valence-corrected chi connectivity index (χ0v) is 9.60. The quantitative estimate of drug-likeness (QED) is 0.786. The van der Waals surface area contributed by atoms with Gasteiger partial charge in [-0.2, -0.15) is 5.10 Å². The Bertz CT molecular complexity index is 382. The fourth-order valence-electron chi connectivity index (χ4n) is 2.04. The van der Waals surface area contributed by atoms with Gasteiger partial charge in [-0.15, -0.1) is 0 Å². The zero-order valence-electron chi connectivity index (χ0n) is 9.60. The lowest BCUT2D eigenvalue weighted by molar-refractivity contribution is 0.0264. The van der Waals surface area contributed by atoms with E-state index >= 15 is 0 Å². The second-order valence-electron chi connectivity index (χ2n) is 4.61. The minimum atomic E-state index is -0.166. The van der Waals surface area contributed by atoms with Crippen LogP contribution in [0.15, 0.2) is 6.07 Å². The Labute approximate surface area is 94.5 Å². The average Bonchev–Trinajstić information content (AvgIpc) is 2.61. The molecule has 2 N–H and O–H groups in total. The molecule has 88 valence electrons. The lowest BCUT2D eigenvalue weighted by Gasteiger charge is -2.34. The summed E-state index contributed by atoms with van der Waals surface area (Å²) in [7, 11) is 1.77. The summed E-state index contributed by atoms with van der Waals surface area (Å²) in [5.74, 6) is 0.370. The molecule has 1 fully saturated rings. The van der Waals surface area contributed by atoms with Crippen LogP contribution in [0.4, 0.5) is 0 Å². The molecule has 5 heteroatoms. The maximum atomic E-state index is 11.9. The standard InChI is InChI=1S/C11H17N3O2/c1-7-3-10(13-12-7)11(16)14(2)6-8-4-9(15)5-8/h3,8-9,15H,4-6H2,1-2H3,(H,12,13). The van der Waals surface area contributed by atoms with Crippen molar-refractivity contribution in [3.63, 3.8) is 0 Å². The number of aliphatic hydroxyl groups is 1. The lowest BCUT2D eigenvalue weighted by Crippen LogP contribution is -2.39. The number of H-pyrrole nitrogens is 1. The minimum absolute atomic E-state index is 0.0641. The van der Waals surface area contributed by atoms with Crippen molar-refractivity contribution in [1.82, 2.24) is 15.1 Å². The van der Waals surface area contributed by atoms with E-state index in [0.29, 0.717) is 18.2 Å². The van der Waals surface area contributed by atoms with Gasteiger partial charge in [-0.3, -0.25) is 9.89 Å². The number of nitrogens with zero attached hydrogens (tertiary/aromatic N) is 2. The van der Waals surface area contributed by atoms with E-state index in [1.54, 1.807) is 18.0 Å². The van der Waals surface area contributed by atoms with Crippen LogP contribution in [0.2, 0.25) is 0 Å². The van der Waals surface area contributed by atoms with Crippen LogP contribution in [0, 0.1) is 12.8 Å². The van der Waals surface area contributed by atoms with Crippen molar-refractivity contribution in [3.05, 3.63) is 17.5 Å². The van der Waals surface area contributed by atoms with E-state index in [4.69, 9.17) is 5.11 Å². The molecular weight excluding hydrogens is 206 g/mol. The van der Waals surface area contributed by atoms with E-state index in [2.05, 4.69) is 10.2 Å². The van der Waals surface area contributed by atoms with Gasteiger partial charge in [0, 0.05) is 19.3 Å². The number of aliphatic hydroxyl groups excluding tert-OH is 1. The molecular formula is C11H17N3O2. The highest BCUT2D eigenvalue weighted by Crippen LogP contribution is 2.27. The van der Waals surface area contributed by atoms with E-state index in [1.165, 1.54) is 0 Å². The molecule has 0 bridgehead atoms. The Morgan fingerprint density at radius 1 is 1.69 bits per heavy atom. The van der Waals surface area contributed by atoms with Crippen molar-refractivity contribution in [2.45, 2.75) is 25.9 Å². The second-order valence-corrected chi connectivity index (χ2v) is 4.61. The summed E-state index contributed by atoms with van der Waals surface area (Å²) in [6.07, 6.45) is 1.44. The maximum absolute atomic E-state index is 11.9. The second kappa shape index (κ2) is 4.25. The number of carbonyl (C=O) groups is 1. The van der Waals surface area contributed by atoms with Gasteiger partial charge in [0.15, 0.2) is 0 Å². The topological polar surface area (TPSA) is 69.2 Å². The third-order valence-electron chi connectivity index (χ3n) is 3.01. The Hall–Kier alpha value is -1.36. The van der Waals surface area contributed by atoms with Gasteiger partial charge in [0.05, 0.1) is 6.10 Å². The van der Waals surface area contributed by atoms with Crippen LogP contribution in [0.25, 0.3) is 0 Å². The fourth-order valence-corrected chi connectivity index (χ4v) is 2.04. The van der Waals surface area contributed by atoms with Crippen LogP contribution >= 0.6 is 0 Å². The number of aryl methyl sites for hydroxylation is 1. The third-order valence-corrected chi connectivity index (χ3v) is 3.01. The fraction of sp³-hybridized carbons (Fsp3) is 0.636. The van der Waals surface area contributed by atoms with Crippen LogP contribution in [0.5, 0.6) is 0 Å². The van der Waals surface area contributed by atoms with Crippen LogP contribution in [-0.4, -0.2) is 45.8 Å². The Balaban J connectivity index is 1.89. The number of amides is 1. The molecule has 0 atom stereocenters. The van der Waals surface area contributed by atoms with Crippen LogP contribution < -0.4 is 0 Å². The number of nitrogens with one attached hydrogen (secondary N) is 1. The van der Waals surface area contributed by atoms with Gasteiger partial charge < -0.3 is 10.0 Å². The summed E-state index contributed by atoms with van der Waals surface area (Å²) in [6.45, 7) is 2.56. The average molecular weight is 223 g/mol. The monoisotopic (exact) mass is 223 g/mol. The first-order chi connectivity index (χ1) is 7.56. The van der Waals surface area contributed by atoms with Crippen LogP contribution in [-0.2, 0) is 0 Å². The molecule has 1 aliphatic carbocycles. The molecule has 1 aromatic rings. The maximum Gasteiger partial charge on any atom is 0.274 e. The molecule has 1 saturated carbocycles. The van der Waals surface area contributed by atoms with Crippen molar-refractivity contribution < 1.29 is 9.90 Å².